The second-order valence-electron chi connectivity index (χ2n) is 5.87. The number of hydrogen-bond acceptors (Lipinski definition) is 5. The number of nitrogens with zero attached hydrogens (tertiary/aromatic N) is 2. The maximum absolute atomic E-state index is 12.5. The summed E-state index contributed by atoms with van der Waals surface area (Å²) in [4.78, 5) is 23.8. The molecule has 1 heterocycles. The molecule has 132 valence electrons. The number of carbonyl (C=O) groups is 2. The van der Waals surface area contributed by atoms with Gasteiger partial charge in [0.15, 0.2) is 17.2 Å². The molecule has 2 N–H and O–H groups in total. The minimum atomic E-state index is -1.13. The third-order valence-electron chi connectivity index (χ3n) is 4.12. The van der Waals surface area contributed by atoms with Crippen LogP contribution in [0.5, 0.6) is 11.5 Å². The number of carboxylic acids is 1. The smallest absolute Gasteiger partial charge is 0.335 e. The average Bonchev–Trinajstić information content (AvgIpc) is 3.35. The SMILES string of the molecule is COc1cc(C(=O)O)cc(NC(=O)c2cc(C3CC3)n(C)n2)c1OC. The first-order valence-electron chi connectivity index (χ1n) is 7.79. The molecule has 3 rings (SSSR count). The van der Waals surface area contributed by atoms with Crippen LogP contribution in [0.2, 0.25) is 0 Å². The summed E-state index contributed by atoms with van der Waals surface area (Å²) in [6.45, 7) is 0. The van der Waals surface area contributed by atoms with Gasteiger partial charge in [0.05, 0.1) is 25.5 Å². The largest absolute Gasteiger partial charge is 0.493 e. The van der Waals surface area contributed by atoms with Crippen LogP contribution in [0, 0.1) is 0 Å². The van der Waals surface area contributed by atoms with Gasteiger partial charge >= 0.3 is 5.97 Å². The van der Waals surface area contributed by atoms with Gasteiger partial charge in [-0.15, -0.1) is 0 Å². The molecule has 0 atom stereocenters. The summed E-state index contributed by atoms with van der Waals surface area (Å²) < 4.78 is 12.1. The highest BCUT2D eigenvalue weighted by Gasteiger charge is 2.28. The Kier molecular flexibility index (Phi) is 4.35. The zero-order valence-electron chi connectivity index (χ0n) is 14.2. The number of methoxy groups -OCH3 is 2. The Morgan fingerprint density at radius 2 is 1.96 bits per heavy atom. The third-order valence-corrected chi connectivity index (χ3v) is 4.12. The molecule has 8 heteroatoms. The van der Waals surface area contributed by atoms with Crippen LogP contribution >= 0.6 is 0 Å². The molecule has 0 aliphatic heterocycles. The van der Waals surface area contributed by atoms with E-state index in [-0.39, 0.29) is 28.4 Å². The molecule has 8 nitrogen and oxygen atoms in total. The summed E-state index contributed by atoms with van der Waals surface area (Å²) in [7, 11) is 4.62. The van der Waals surface area contributed by atoms with Crippen molar-refractivity contribution >= 4 is 17.6 Å². The Morgan fingerprint density at radius 1 is 1.24 bits per heavy atom. The minimum Gasteiger partial charge on any atom is -0.493 e. The van der Waals surface area contributed by atoms with E-state index in [1.54, 1.807) is 17.8 Å². The highest BCUT2D eigenvalue weighted by Crippen LogP contribution is 2.40. The predicted octanol–water partition coefficient (Wildman–Crippen LogP) is 2.27. The lowest BCUT2D eigenvalue weighted by molar-refractivity contribution is 0.0696. The van der Waals surface area contributed by atoms with Crippen molar-refractivity contribution in [1.82, 2.24) is 9.78 Å². The lowest BCUT2D eigenvalue weighted by Crippen LogP contribution is -2.15. The topological polar surface area (TPSA) is 103 Å². The van der Waals surface area contributed by atoms with Crippen molar-refractivity contribution in [3.05, 3.63) is 35.2 Å². The van der Waals surface area contributed by atoms with Crippen LogP contribution in [0.3, 0.4) is 0 Å². The molecule has 0 spiro atoms. The summed E-state index contributed by atoms with van der Waals surface area (Å²) in [6, 6.07) is 4.42. The van der Waals surface area contributed by atoms with Crippen LogP contribution in [-0.2, 0) is 7.05 Å². The third kappa shape index (κ3) is 3.28. The van der Waals surface area contributed by atoms with Gasteiger partial charge in [-0.25, -0.2) is 4.79 Å². The standard InChI is InChI=1S/C17H19N3O5/c1-20-13(9-4-5-9)8-12(19-20)16(21)18-11-6-10(17(22)23)7-14(24-2)15(11)25-3/h6-9H,4-5H2,1-3H3,(H,18,21)(H,22,23). The monoisotopic (exact) mass is 345 g/mol. The average molecular weight is 345 g/mol. The summed E-state index contributed by atoms with van der Waals surface area (Å²) in [5.41, 5.74) is 1.48. The fourth-order valence-electron chi connectivity index (χ4n) is 2.72. The molecule has 1 aliphatic rings. The second-order valence-corrected chi connectivity index (χ2v) is 5.87. The number of hydrogen-bond donors (Lipinski definition) is 2. The summed E-state index contributed by atoms with van der Waals surface area (Å²) in [5.74, 6) is -0.642. The Balaban J connectivity index is 1.93. The number of aromatic carboxylic acids is 1. The number of aryl methyl sites for hydroxylation is 1. The van der Waals surface area contributed by atoms with E-state index in [9.17, 15) is 14.7 Å². The molecule has 1 aromatic heterocycles. The van der Waals surface area contributed by atoms with E-state index in [1.165, 1.54) is 26.4 Å². The molecule has 1 amide bonds. The lowest BCUT2D eigenvalue weighted by atomic mass is 10.1. The summed E-state index contributed by atoms with van der Waals surface area (Å²) in [6.07, 6.45) is 2.21. The number of amides is 1. The van der Waals surface area contributed by atoms with Crippen molar-refractivity contribution in [1.29, 1.82) is 0 Å². The minimum absolute atomic E-state index is 0.0207. The Labute approximate surface area is 144 Å². The van der Waals surface area contributed by atoms with Gasteiger partial charge in [-0.3, -0.25) is 9.48 Å². The molecule has 25 heavy (non-hydrogen) atoms. The number of aromatic nitrogens is 2. The van der Waals surface area contributed by atoms with Gasteiger partial charge in [-0.05, 0) is 31.0 Å². The van der Waals surface area contributed by atoms with Crippen molar-refractivity contribution in [2.75, 3.05) is 19.5 Å². The predicted molar refractivity (Wildman–Crippen MR) is 89.6 cm³/mol. The number of benzene rings is 1. The second kappa shape index (κ2) is 6.46. The molecule has 0 unspecified atom stereocenters. The first-order valence-corrected chi connectivity index (χ1v) is 7.79. The van der Waals surface area contributed by atoms with Gasteiger partial charge in [-0.2, -0.15) is 5.10 Å². The molecule has 1 aliphatic carbocycles. The van der Waals surface area contributed by atoms with E-state index in [0.717, 1.165) is 18.5 Å². The molecule has 1 fully saturated rings. The van der Waals surface area contributed by atoms with Crippen LogP contribution < -0.4 is 14.8 Å². The normalized spacial score (nSPS) is 13.4. The van der Waals surface area contributed by atoms with E-state index in [2.05, 4.69) is 10.4 Å². The summed E-state index contributed by atoms with van der Waals surface area (Å²) in [5, 5.41) is 16.1. The van der Waals surface area contributed by atoms with Crippen molar-refractivity contribution < 1.29 is 24.2 Å². The van der Waals surface area contributed by atoms with Gasteiger partial charge in [0.1, 0.15) is 0 Å². The Hall–Kier alpha value is -3.03. The molecule has 0 bridgehead atoms. The first kappa shape index (κ1) is 16.8. The van der Waals surface area contributed by atoms with Crippen molar-refractivity contribution in [3.63, 3.8) is 0 Å². The zero-order chi connectivity index (χ0) is 18.1. The van der Waals surface area contributed by atoms with Gasteiger partial charge < -0.3 is 19.9 Å². The summed E-state index contributed by atoms with van der Waals surface area (Å²) >= 11 is 0. The number of carboxylic acid groups (broad SMARTS) is 1. The van der Waals surface area contributed by atoms with Gasteiger partial charge in [-0.1, -0.05) is 0 Å². The number of nitrogens with one attached hydrogen (secondary N) is 1. The maximum atomic E-state index is 12.5. The van der Waals surface area contributed by atoms with Gasteiger partial charge in [0.25, 0.3) is 5.91 Å². The lowest BCUT2D eigenvalue weighted by Gasteiger charge is -2.14. The van der Waals surface area contributed by atoms with E-state index < -0.39 is 11.9 Å². The first-order chi connectivity index (χ1) is 11.9. The Morgan fingerprint density at radius 3 is 2.52 bits per heavy atom. The van der Waals surface area contributed by atoms with E-state index in [1.807, 2.05) is 0 Å². The highest BCUT2D eigenvalue weighted by atomic mass is 16.5. The van der Waals surface area contributed by atoms with Crippen LogP contribution in [0.15, 0.2) is 18.2 Å². The van der Waals surface area contributed by atoms with Gasteiger partial charge in [0, 0.05) is 18.7 Å². The van der Waals surface area contributed by atoms with Crippen molar-refractivity contribution in [2.24, 2.45) is 7.05 Å². The number of ether oxygens (including phenoxy) is 2. The number of anilines is 1. The highest BCUT2D eigenvalue weighted by molar-refractivity contribution is 6.05. The fraction of sp³-hybridized carbons (Fsp3) is 0.353. The number of carbonyl (C=O) groups excluding carboxylic acids is 1. The van der Waals surface area contributed by atoms with E-state index in [0.29, 0.717) is 5.92 Å². The van der Waals surface area contributed by atoms with Crippen molar-refractivity contribution in [3.8, 4) is 11.5 Å². The molecule has 1 saturated carbocycles. The van der Waals surface area contributed by atoms with E-state index in [4.69, 9.17) is 9.47 Å². The quantitative estimate of drug-likeness (QED) is 0.832. The zero-order valence-corrected chi connectivity index (χ0v) is 14.2. The fourth-order valence-corrected chi connectivity index (χ4v) is 2.72. The molecule has 1 aromatic carbocycles. The number of rotatable bonds is 6. The molecule has 2 aromatic rings. The molecule has 0 saturated heterocycles. The molecular weight excluding hydrogens is 326 g/mol. The Bertz CT molecular complexity index is 839. The van der Waals surface area contributed by atoms with E-state index >= 15 is 0 Å². The van der Waals surface area contributed by atoms with Crippen LogP contribution in [0.4, 0.5) is 5.69 Å². The van der Waals surface area contributed by atoms with Crippen LogP contribution in [-0.4, -0.2) is 41.0 Å². The van der Waals surface area contributed by atoms with Gasteiger partial charge in [0.2, 0.25) is 0 Å². The molecular formula is C17H19N3O5. The van der Waals surface area contributed by atoms with Crippen LogP contribution in [0.25, 0.3) is 0 Å². The van der Waals surface area contributed by atoms with Crippen molar-refractivity contribution in [2.45, 2.75) is 18.8 Å². The molecule has 0 radical (unpaired) electrons. The van der Waals surface area contributed by atoms with Crippen LogP contribution in [0.1, 0.15) is 45.3 Å². The maximum Gasteiger partial charge on any atom is 0.335 e.